The highest BCUT2D eigenvalue weighted by Gasteiger charge is 2.69. The van der Waals surface area contributed by atoms with E-state index in [1.165, 1.54) is 94.7 Å². The molecule has 0 nitrogen and oxygen atoms in total. The predicted octanol–water partition coefficient (Wildman–Crippen LogP) is 10.3. The van der Waals surface area contributed by atoms with Crippen LogP contribution in [0.3, 0.4) is 0 Å². The Bertz CT molecular complexity index is 856. The highest BCUT2D eigenvalue weighted by Crippen LogP contribution is 2.75. The second-order valence-corrected chi connectivity index (χ2v) is 19.1. The zero-order valence-corrected chi connectivity index (χ0v) is 25.7. The van der Waals surface area contributed by atoms with Gasteiger partial charge in [0.15, 0.2) is 0 Å². The zero-order valence-electron chi connectivity index (χ0n) is 25.7. The van der Waals surface area contributed by atoms with Crippen LogP contribution in [0.25, 0.3) is 0 Å². The number of fused-ring (bicyclic) bond motifs is 10. The number of hydrogen-bond donors (Lipinski definition) is 0. The molecule has 11 aliphatic carbocycles. The lowest BCUT2D eigenvalue weighted by Gasteiger charge is -2.65. The minimum absolute atomic E-state index is 1.15. The molecule has 11 saturated carbocycles. The Hall–Kier alpha value is 0. The van der Waals surface area contributed by atoms with E-state index in [9.17, 15) is 0 Å². The van der Waals surface area contributed by atoms with Crippen LogP contribution in [0, 0.1) is 118 Å². The van der Waals surface area contributed by atoms with Crippen LogP contribution in [-0.4, -0.2) is 0 Å². The van der Waals surface area contributed by atoms with Gasteiger partial charge in [0.25, 0.3) is 0 Å². The molecule has 11 aliphatic rings. The summed E-state index contributed by atoms with van der Waals surface area (Å²) in [5, 5.41) is 0. The molecule has 0 aromatic rings. The summed E-state index contributed by atoms with van der Waals surface area (Å²) in [5.41, 5.74) is 0. The molecular weight excluding hydrogens is 480 g/mol. The lowest BCUT2D eigenvalue weighted by atomic mass is 9.40. The van der Waals surface area contributed by atoms with Gasteiger partial charge in [-0.3, -0.25) is 0 Å². The molecule has 40 heavy (non-hydrogen) atoms. The van der Waals surface area contributed by atoms with Crippen LogP contribution in [0.5, 0.6) is 0 Å². The molecule has 0 aromatic heterocycles. The van der Waals surface area contributed by atoms with E-state index in [1.807, 2.05) is 0 Å². The van der Waals surface area contributed by atoms with Gasteiger partial charge in [-0.1, -0.05) is 51.4 Å². The Morgan fingerprint density at radius 3 is 0.625 bits per heavy atom. The summed E-state index contributed by atoms with van der Waals surface area (Å²) >= 11 is 0. The molecule has 0 bridgehead atoms. The van der Waals surface area contributed by atoms with E-state index in [4.69, 9.17) is 0 Å². The molecule has 0 aliphatic heterocycles. The van der Waals surface area contributed by atoms with Crippen molar-refractivity contribution in [1.29, 1.82) is 0 Å². The van der Waals surface area contributed by atoms with Crippen LogP contribution >= 0.6 is 0 Å². The van der Waals surface area contributed by atoms with E-state index in [2.05, 4.69) is 0 Å². The van der Waals surface area contributed by atoms with Gasteiger partial charge in [0, 0.05) is 0 Å². The lowest BCUT2D eigenvalue weighted by molar-refractivity contribution is -0.170. The van der Waals surface area contributed by atoms with Gasteiger partial charge < -0.3 is 0 Å². The average Bonchev–Trinajstić information content (AvgIpc) is 3.50. The van der Waals surface area contributed by atoms with Crippen molar-refractivity contribution in [3.63, 3.8) is 0 Å². The Morgan fingerprint density at radius 2 is 0.400 bits per heavy atom. The molecule has 0 heterocycles. The molecule has 11 fully saturated rings. The molecular formula is C40H60. The summed E-state index contributed by atoms with van der Waals surface area (Å²) in [7, 11) is 0. The van der Waals surface area contributed by atoms with Crippen molar-refractivity contribution in [2.75, 3.05) is 0 Å². The van der Waals surface area contributed by atoms with Crippen LogP contribution in [-0.2, 0) is 0 Å². The van der Waals surface area contributed by atoms with E-state index in [0.717, 1.165) is 23.7 Å². The van der Waals surface area contributed by atoms with E-state index in [0.29, 0.717) is 0 Å². The molecule has 16 unspecified atom stereocenters. The van der Waals surface area contributed by atoms with E-state index >= 15 is 0 Å². The topological polar surface area (TPSA) is 0 Å². The van der Waals surface area contributed by atoms with E-state index < -0.39 is 0 Å². The molecule has 220 valence electrons. The maximum absolute atomic E-state index is 1.70. The first-order valence-electron chi connectivity index (χ1n) is 19.8. The Balaban J connectivity index is 0.916. The van der Waals surface area contributed by atoms with Crippen LogP contribution in [0.1, 0.15) is 128 Å². The molecule has 0 aromatic carbocycles. The lowest BCUT2D eigenvalue weighted by Crippen LogP contribution is -2.59. The second kappa shape index (κ2) is 8.80. The molecule has 0 spiro atoms. The smallest absolute Gasteiger partial charge is 0.0318 e. The summed E-state index contributed by atoms with van der Waals surface area (Å²) in [6.07, 6.45) is 33.0. The Kier molecular flexibility index (Phi) is 5.35. The third-order valence-electron chi connectivity index (χ3n) is 19.0. The van der Waals surface area contributed by atoms with Crippen LogP contribution in [0.2, 0.25) is 0 Å². The molecule has 0 amide bonds. The molecule has 0 N–H and O–H groups in total. The predicted molar refractivity (Wildman–Crippen MR) is 162 cm³/mol. The quantitative estimate of drug-likeness (QED) is 0.287. The summed E-state index contributed by atoms with van der Waals surface area (Å²) in [6, 6.07) is 0. The largest absolute Gasteiger partial charge is 0.0530 e. The number of hydrogen-bond acceptors (Lipinski definition) is 0. The highest BCUT2D eigenvalue weighted by molar-refractivity contribution is 5.17. The summed E-state index contributed by atoms with van der Waals surface area (Å²) in [4.78, 5) is 0. The van der Waals surface area contributed by atoms with Crippen LogP contribution < -0.4 is 0 Å². The van der Waals surface area contributed by atoms with E-state index in [-0.39, 0.29) is 0 Å². The monoisotopic (exact) mass is 540 g/mol. The van der Waals surface area contributed by atoms with Crippen molar-refractivity contribution in [1.82, 2.24) is 0 Å². The average molecular weight is 541 g/mol. The minimum atomic E-state index is 1.15. The fraction of sp³-hybridized carbons (Fsp3) is 1.00. The SMILES string of the molecule is C1CCC2CC3C(CC2C1)C1CCC2C4CCC5C6CC7CCCCC7CC6C6CCC(C7CCC3C1C27)C4C56. The first kappa shape index (κ1) is 24.3. The summed E-state index contributed by atoms with van der Waals surface area (Å²) < 4.78 is 0. The zero-order chi connectivity index (χ0) is 25.7. The Labute approximate surface area is 246 Å². The van der Waals surface area contributed by atoms with Gasteiger partial charge in [-0.15, -0.1) is 0 Å². The third kappa shape index (κ3) is 3.08. The van der Waals surface area contributed by atoms with Gasteiger partial charge in [0.1, 0.15) is 0 Å². The van der Waals surface area contributed by atoms with Gasteiger partial charge >= 0.3 is 0 Å². The fourth-order valence-corrected chi connectivity index (χ4v) is 18.5. The first-order chi connectivity index (χ1) is 19.8. The van der Waals surface area contributed by atoms with E-state index in [1.54, 1.807) is 128 Å². The van der Waals surface area contributed by atoms with Crippen molar-refractivity contribution < 1.29 is 0 Å². The normalized spacial score (nSPS) is 66.0. The fourth-order valence-electron chi connectivity index (χ4n) is 18.5. The Morgan fingerprint density at radius 1 is 0.200 bits per heavy atom. The van der Waals surface area contributed by atoms with Crippen molar-refractivity contribution in [3.05, 3.63) is 0 Å². The molecule has 16 atom stereocenters. The second-order valence-electron chi connectivity index (χ2n) is 19.1. The van der Waals surface area contributed by atoms with Crippen LogP contribution in [0.4, 0.5) is 0 Å². The maximum Gasteiger partial charge on any atom is -0.0318 e. The van der Waals surface area contributed by atoms with Crippen molar-refractivity contribution in [3.8, 4) is 0 Å². The highest BCUT2D eigenvalue weighted by atomic mass is 14.7. The van der Waals surface area contributed by atoms with Gasteiger partial charge in [-0.2, -0.15) is 0 Å². The molecule has 0 saturated heterocycles. The number of rotatable bonds is 0. The van der Waals surface area contributed by atoms with Gasteiger partial charge in [0.2, 0.25) is 0 Å². The van der Waals surface area contributed by atoms with Crippen molar-refractivity contribution >= 4 is 0 Å². The molecule has 0 heteroatoms. The van der Waals surface area contributed by atoms with Crippen molar-refractivity contribution in [2.45, 2.75) is 128 Å². The minimum Gasteiger partial charge on any atom is -0.0530 e. The van der Waals surface area contributed by atoms with Gasteiger partial charge in [-0.25, -0.2) is 0 Å². The standard InChI is InChI=1S/C40H60/c1-2-6-22-18-34-30-14-10-26-28-12-16-32-36-20-24-8-4-3-7-23(24)19-35(36)31-15-11-27(38(28)40(31)32)25-9-13-29(39(30)37(25)26)33(34)17-21(22)5-1/h21-40H,1-20H2. The molecule has 0 radical (unpaired) electrons. The van der Waals surface area contributed by atoms with Crippen LogP contribution in [0.15, 0.2) is 0 Å². The van der Waals surface area contributed by atoms with Gasteiger partial charge in [-0.05, 0) is 195 Å². The summed E-state index contributed by atoms with van der Waals surface area (Å²) in [6.45, 7) is 0. The third-order valence-corrected chi connectivity index (χ3v) is 19.0. The molecule has 11 rings (SSSR count). The van der Waals surface area contributed by atoms with Crippen molar-refractivity contribution in [2.24, 2.45) is 118 Å². The maximum atomic E-state index is 1.70. The summed E-state index contributed by atoms with van der Waals surface area (Å²) in [5.74, 6) is 23.6. The first-order valence-corrected chi connectivity index (χ1v) is 19.8. The van der Waals surface area contributed by atoms with Gasteiger partial charge in [0.05, 0.1) is 0 Å².